The average molecular weight is 358 g/mol. The minimum Gasteiger partial charge on any atom is -0.457 e. The van der Waals surface area contributed by atoms with Crippen LogP contribution in [0.25, 0.3) is 0 Å². The first-order valence-electron chi connectivity index (χ1n) is 8.29. The van der Waals surface area contributed by atoms with Crippen LogP contribution in [-0.4, -0.2) is 22.6 Å². The smallest absolute Gasteiger partial charge is 0.322 e. The van der Waals surface area contributed by atoms with Crippen LogP contribution in [0.1, 0.15) is 31.4 Å². The summed E-state index contributed by atoms with van der Waals surface area (Å²) >= 11 is 0. The van der Waals surface area contributed by atoms with E-state index in [-0.39, 0.29) is 5.82 Å². The zero-order valence-electron chi connectivity index (χ0n) is 14.2. The Morgan fingerprint density at radius 3 is 2.15 bits per heavy atom. The number of imide groups is 1. The van der Waals surface area contributed by atoms with Gasteiger partial charge in [0.25, 0.3) is 5.91 Å². The molecule has 136 valence electrons. The summed E-state index contributed by atoms with van der Waals surface area (Å²) in [5, 5.41) is 15.5. The Balaban J connectivity index is 1.79. The minimum absolute atomic E-state index is 0.305. The Kier molecular flexibility index (Phi) is 4.90. The zero-order chi connectivity index (χ0) is 18.7. The lowest BCUT2D eigenvalue weighted by Gasteiger charge is -2.31. The van der Waals surface area contributed by atoms with Crippen LogP contribution in [-0.2, 0) is 4.79 Å². The Labute approximate surface area is 150 Å². The largest absolute Gasteiger partial charge is 0.457 e. The van der Waals surface area contributed by atoms with Crippen LogP contribution in [0.4, 0.5) is 9.18 Å². The predicted molar refractivity (Wildman–Crippen MR) is 92.2 cm³/mol. The number of hydrogen-bond donors (Lipinski definition) is 3. The highest BCUT2D eigenvalue weighted by Crippen LogP contribution is 2.34. The second-order valence-corrected chi connectivity index (χ2v) is 6.16. The Morgan fingerprint density at radius 2 is 1.65 bits per heavy atom. The fraction of sp³-hybridized carbons (Fsp3) is 0.263. The average Bonchev–Trinajstić information content (AvgIpc) is 2.92. The van der Waals surface area contributed by atoms with Crippen molar-refractivity contribution in [3.63, 3.8) is 0 Å². The molecule has 2 unspecified atom stereocenters. The van der Waals surface area contributed by atoms with Crippen LogP contribution in [0, 0.1) is 5.82 Å². The van der Waals surface area contributed by atoms with Crippen molar-refractivity contribution < 1.29 is 23.8 Å². The summed E-state index contributed by atoms with van der Waals surface area (Å²) in [5.41, 5.74) is -0.909. The van der Waals surface area contributed by atoms with E-state index in [4.69, 9.17) is 4.74 Å². The number of hydrogen-bond acceptors (Lipinski definition) is 4. The second-order valence-electron chi connectivity index (χ2n) is 6.16. The monoisotopic (exact) mass is 358 g/mol. The van der Waals surface area contributed by atoms with Gasteiger partial charge in [-0.05, 0) is 48.4 Å². The van der Waals surface area contributed by atoms with Gasteiger partial charge in [-0.2, -0.15) is 0 Å². The molecule has 0 saturated carbocycles. The summed E-state index contributed by atoms with van der Waals surface area (Å²) in [6.07, 6.45) is -0.287. The third-order valence-electron chi connectivity index (χ3n) is 4.33. The molecule has 1 heterocycles. The van der Waals surface area contributed by atoms with E-state index in [1.54, 1.807) is 24.3 Å². The van der Waals surface area contributed by atoms with Gasteiger partial charge < -0.3 is 15.2 Å². The molecule has 1 aliphatic heterocycles. The second kappa shape index (κ2) is 7.13. The molecule has 3 N–H and O–H groups in total. The number of amides is 3. The van der Waals surface area contributed by atoms with Crippen molar-refractivity contribution in [1.29, 1.82) is 0 Å². The lowest BCUT2D eigenvalue weighted by atomic mass is 9.83. The number of urea groups is 1. The van der Waals surface area contributed by atoms with E-state index in [0.717, 1.165) is 0 Å². The lowest BCUT2D eigenvalue weighted by molar-refractivity contribution is -0.128. The quantitative estimate of drug-likeness (QED) is 0.693. The molecule has 1 saturated heterocycles. The molecule has 0 aromatic heterocycles. The van der Waals surface area contributed by atoms with Crippen molar-refractivity contribution in [3.8, 4) is 11.5 Å². The molecule has 1 fully saturated rings. The standard InChI is InChI=1S/C19H19FN2O4/c1-2-11-19(17(24)21-18(25)22-19)16(23)12-3-7-14(8-4-12)26-15-9-5-13(20)6-10-15/h3-10,16,23H,2,11H2,1H3,(H2,21,22,24,25). The molecular weight excluding hydrogens is 339 g/mol. The molecule has 1 aliphatic rings. The molecule has 0 radical (unpaired) electrons. The fourth-order valence-corrected chi connectivity index (χ4v) is 3.05. The van der Waals surface area contributed by atoms with Gasteiger partial charge in [0.2, 0.25) is 0 Å². The topological polar surface area (TPSA) is 87.7 Å². The van der Waals surface area contributed by atoms with Crippen LogP contribution in [0.3, 0.4) is 0 Å². The van der Waals surface area contributed by atoms with E-state index in [0.29, 0.717) is 29.9 Å². The zero-order valence-corrected chi connectivity index (χ0v) is 14.2. The lowest BCUT2D eigenvalue weighted by Crippen LogP contribution is -2.51. The van der Waals surface area contributed by atoms with Gasteiger partial charge >= 0.3 is 6.03 Å². The molecule has 2 aromatic carbocycles. The molecule has 6 nitrogen and oxygen atoms in total. The van der Waals surface area contributed by atoms with Crippen molar-refractivity contribution in [2.24, 2.45) is 0 Å². The molecule has 0 spiro atoms. The first-order valence-corrected chi connectivity index (χ1v) is 8.29. The van der Waals surface area contributed by atoms with E-state index in [1.807, 2.05) is 6.92 Å². The van der Waals surface area contributed by atoms with Crippen molar-refractivity contribution >= 4 is 11.9 Å². The summed E-state index contributed by atoms with van der Waals surface area (Å²) in [5.74, 6) is 0.0824. The third kappa shape index (κ3) is 3.39. The van der Waals surface area contributed by atoms with Crippen molar-refractivity contribution in [2.75, 3.05) is 0 Å². The Morgan fingerprint density at radius 1 is 1.08 bits per heavy atom. The van der Waals surface area contributed by atoms with Crippen molar-refractivity contribution in [3.05, 3.63) is 59.9 Å². The van der Waals surface area contributed by atoms with Crippen LogP contribution in [0.5, 0.6) is 11.5 Å². The number of benzene rings is 2. The highest BCUT2D eigenvalue weighted by Gasteiger charge is 2.51. The minimum atomic E-state index is -1.38. The SMILES string of the molecule is CCCC1(C(O)c2ccc(Oc3ccc(F)cc3)cc2)NC(=O)NC1=O. The third-order valence-corrected chi connectivity index (χ3v) is 4.33. The highest BCUT2D eigenvalue weighted by molar-refractivity contribution is 6.07. The summed E-state index contributed by atoms with van der Waals surface area (Å²) in [4.78, 5) is 23.8. The first kappa shape index (κ1) is 17.9. The van der Waals surface area contributed by atoms with Gasteiger partial charge in [-0.1, -0.05) is 25.5 Å². The van der Waals surface area contributed by atoms with E-state index in [2.05, 4.69) is 10.6 Å². The molecule has 0 bridgehead atoms. The van der Waals surface area contributed by atoms with Gasteiger partial charge in [-0.15, -0.1) is 0 Å². The predicted octanol–water partition coefficient (Wildman–Crippen LogP) is 3.03. The molecule has 3 amide bonds. The molecule has 26 heavy (non-hydrogen) atoms. The maximum atomic E-state index is 12.9. The number of rotatable bonds is 6. The van der Waals surface area contributed by atoms with Gasteiger partial charge in [0.15, 0.2) is 5.54 Å². The van der Waals surface area contributed by atoms with E-state index in [9.17, 15) is 19.1 Å². The molecule has 2 atom stereocenters. The molecular formula is C19H19FN2O4. The van der Waals surface area contributed by atoms with Gasteiger partial charge in [-0.25, -0.2) is 9.18 Å². The molecule has 0 aliphatic carbocycles. The number of aliphatic hydroxyl groups excluding tert-OH is 1. The van der Waals surface area contributed by atoms with E-state index < -0.39 is 23.6 Å². The summed E-state index contributed by atoms with van der Waals surface area (Å²) in [6.45, 7) is 1.87. The maximum absolute atomic E-state index is 12.9. The highest BCUT2D eigenvalue weighted by atomic mass is 19.1. The van der Waals surface area contributed by atoms with Crippen LogP contribution < -0.4 is 15.4 Å². The number of ether oxygens (including phenoxy) is 1. The van der Waals surface area contributed by atoms with Crippen molar-refractivity contribution in [1.82, 2.24) is 10.6 Å². The first-order chi connectivity index (χ1) is 12.4. The van der Waals surface area contributed by atoms with E-state index in [1.165, 1.54) is 24.3 Å². The molecule has 7 heteroatoms. The van der Waals surface area contributed by atoms with Crippen LogP contribution >= 0.6 is 0 Å². The van der Waals surface area contributed by atoms with Gasteiger partial charge in [0.1, 0.15) is 23.4 Å². The normalized spacial score (nSPS) is 20.4. The summed E-state index contributed by atoms with van der Waals surface area (Å²) in [7, 11) is 0. The summed E-state index contributed by atoms with van der Waals surface area (Å²) < 4.78 is 18.5. The maximum Gasteiger partial charge on any atom is 0.322 e. The fourth-order valence-electron chi connectivity index (χ4n) is 3.05. The number of carbonyl (C=O) groups is 2. The number of nitrogens with one attached hydrogen (secondary N) is 2. The van der Waals surface area contributed by atoms with Gasteiger partial charge in [-0.3, -0.25) is 10.1 Å². The van der Waals surface area contributed by atoms with E-state index >= 15 is 0 Å². The Bertz CT molecular complexity index is 807. The summed E-state index contributed by atoms with van der Waals surface area (Å²) in [6, 6.07) is 11.5. The van der Waals surface area contributed by atoms with Gasteiger partial charge in [0, 0.05) is 0 Å². The Hall–Kier alpha value is -2.93. The number of aliphatic hydroxyl groups is 1. The molecule has 2 aromatic rings. The molecule has 3 rings (SSSR count). The van der Waals surface area contributed by atoms with Crippen molar-refractivity contribution in [2.45, 2.75) is 31.4 Å². The van der Waals surface area contributed by atoms with Gasteiger partial charge in [0.05, 0.1) is 0 Å². The van der Waals surface area contributed by atoms with Crippen LogP contribution in [0.2, 0.25) is 0 Å². The van der Waals surface area contributed by atoms with Crippen LogP contribution in [0.15, 0.2) is 48.5 Å². The number of halogens is 1. The number of carbonyl (C=O) groups excluding carboxylic acids is 2.